The fourth-order valence-electron chi connectivity index (χ4n) is 2.56. The Hall–Kier alpha value is -2.14. The van der Waals surface area contributed by atoms with Crippen molar-refractivity contribution in [3.63, 3.8) is 0 Å². The van der Waals surface area contributed by atoms with E-state index in [-0.39, 0.29) is 5.92 Å². The summed E-state index contributed by atoms with van der Waals surface area (Å²) in [4.78, 5) is 0. The summed E-state index contributed by atoms with van der Waals surface area (Å²) in [5.41, 5.74) is 7.51. The molecular formula is C19H23F2NO2. The van der Waals surface area contributed by atoms with Gasteiger partial charge in [-0.15, -0.1) is 0 Å². The standard InChI is InChI=1S/C19H23F2NO2/c1-3-8-24-18-7-4-13(10-19(18)23-2)9-15(12-22)14-5-6-16(20)17(21)11-14/h4-7,10-11,15H,3,8-9,12,22H2,1-2H3. The maximum Gasteiger partial charge on any atom is 0.161 e. The zero-order valence-electron chi connectivity index (χ0n) is 14.0. The lowest BCUT2D eigenvalue weighted by atomic mass is 9.92. The van der Waals surface area contributed by atoms with Crippen LogP contribution in [0.1, 0.15) is 30.4 Å². The van der Waals surface area contributed by atoms with E-state index in [4.69, 9.17) is 15.2 Å². The van der Waals surface area contributed by atoms with Gasteiger partial charge in [0.15, 0.2) is 23.1 Å². The molecule has 0 saturated heterocycles. The van der Waals surface area contributed by atoms with Gasteiger partial charge in [0.2, 0.25) is 0 Å². The molecule has 0 spiro atoms. The first-order chi connectivity index (χ1) is 11.6. The van der Waals surface area contributed by atoms with Gasteiger partial charge in [-0.05, 0) is 54.8 Å². The van der Waals surface area contributed by atoms with Crippen molar-refractivity contribution >= 4 is 0 Å². The molecule has 0 heterocycles. The topological polar surface area (TPSA) is 44.5 Å². The highest BCUT2D eigenvalue weighted by molar-refractivity contribution is 5.43. The predicted octanol–water partition coefficient (Wildman–Crippen LogP) is 4.05. The van der Waals surface area contributed by atoms with Gasteiger partial charge in [0.1, 0.15) is 0 Å². The molecule has 1 unspecified atom stereocenters. The molecule has 5 heteroatoms. The van der Waals surface area contributed by atoms with E-state index in [0.29, 0.717) is 36.6 Å². The molecule has 0 bridgehead atoms. The van der Waals surface area contributed by atoms with Crippen LogP contribution >= 0.6 is 0 Å². The zero-order chi connectivity index (χ0) is 17.5. The van der Waals surface area contributed by atoms with E-state index in [1.165, 1.54) is 6.07 Å². The minimum atomic E-state index is -0.855. The summed E-state index contributed by atoms with van der Waals surface area (Å²) < 4.78 is 37.6. The van der Waals surface area contributed by atoms with Crippen molar-refractivity contribution < 1.29 is 18.3 Å². The van der Waals surface area contributed by atoms with E-state index >= 15 is 0 Å². The van der Waals surface area contributed by atoms with Crippen LogP contribution in [-0.2, 0) is 6.42 Å². The third-order valence-electron chi connectivity index (χ3n) is 3.87. The fourth-order valence-corrected chi connectivity index (χ4v) is 2.56. The van der Waals surface area contributed by atoms with Crippen LogP contribution in [0.25, 0.3) is 0 Å². The largest absolute Gasteiger partial charge is 0.493 e. The summed E-state index contributed by atoms with van der Waals surface area (Å²) in [6.07, 6.45) is 1.52. The summed E-state index contributed by atoms with van der Waals surface area (Å²) in [7, 11) is 1.59. The van der Waals surface area contributed by atoms with Gasteiger partial charge in [0.05, 0.1) is 13.7 Å². The summed E-state index contributed by atoms with van der Waals surface area (Å²) in [5.74, 6) is -0.463. The van der Waals surface area contributed by atoms with Gasteiger partial charge in [-0.2, -0.15) is 0 Å². The van der Waals surface area contributed by atoms with Crippen LogP contribution in [0, 0.1) is 11.6 Å². The second-order valence-corrected chi connectivity index (χ2v) is 5.64. The lowest BCUT2D eigenvalue weighted by Crippen LogP contribution is -2.15. The van der Waals surface area contributed by atoms with E-state index < -0.39 is 11.6 Å². The number of rotatable bonds is 8. The number of ether oxygens (including phenoxy) is 2. The molecule has 2 N–H and O–H groups in total. The van der Waals surface area contributed by atoms with Crippen LogP contribution in [0.5, 0.6) is 11.5 Å². The normalized spacial score (nSPS) is 12.0. The Morgan fingerprint density at radius 1 is 1.04 bits per heavy atom. The predicted molar refractivity (Wildman–Crippen MR) is 90.6 cm³/mol. The summed E-state index contributed by atoms with van der Waals surface area (Å²) in [5, 5.41) is 0. The molecule has 2 aromatic carbocycles. The molecule has 2 rings (SSSR count). The number of nitrogens with two attached hydrogens (primary N) is 1. The third-order valence-corrected chi connectivity index (χ3v) is 3.87. The van der Waals surface area contributed by atoms with Crippen LogP contribution in [0.3, 0.4) is 0 Å². The Bertz CT molecular complexity index is 676. The van der Waals surface area contributed by atoms with Crippen LogP contribution in [0.15, 0.2) is 36.4 Å². The van der Waals surface area contributed by atoms with Gasteiger partial charge in [-0.25, -0.2) is 8.78 Å². The minimum Gasteiger partial charge on any atom is -0.493 e. The van der Waals surface area contributed by atoms with Gasteiger partial charge < -0.3 is 15.2 Å². The molecular weight excluding hydrogens is 312 g/mol. The molecule has 0 saturated carbocycles. The molecule has 24 heavy (non-hydrogen) atoms. The van der Waals surface area contributed by atoms with E-state index in [2.05, 4.69) is 0 Å². The molecule has 0 radical (unpaired) electrons. The zero-order valence-corrected chi connectivity index (χ0v) is 14.0. The summed E-state index contributed by atoms with van der Waals surface area (Å²) in [6, 6.07) is 9.62. The Morgan fingerprint density at radius 3 is 2.46 bits per heavy atom. The third kappa shape index (κ3) is 4.45. The minimum absolute atomic E-state index is 0.104. The van der Waals surface area contributed by atoms with E-state index in [1.54, 1.807) is 13.2 Å². The van der Waals surface area contributed by atoms with Crippen LogP contribution < -0.4 is 15.2 Å². The molecule has 0 aliphatic heterocycles. The van der Waals surface area contributed by atoms with Gasteiger partial charge in [-0.3, -0.25) is 0 Å². The monoisotopic (exact) mass is 335 g/mol. The van der Waals surface area contributed by atoms with Crippen molar-refractivity contribution in [2.75, 3.05) is 20.3 Å². The molecule has 0 fully saturated rings. The molecule has 0 aromatic heterocycles. The first kappa shape index (κ1) is 18.2. The molecule has 0 aliphatic rings. The van der Waals surface area contributed by atoms with Crippen molar-refractivity contribution in [3.8, 4) is 11.5 Å². The summed E-state index contributed by atoms with van der Waals surface area (Å²) in [6.45, 7) is 2.99. The van der Waals surface area contributed by atoms with Crippen molar-refractivity contribution in [3.05, 3.63) is 59.2 Å². The smallest absolute Gasteiger partial charge is 0.161 e. The van der Waals surface area contributed by atoms with Gasteiger partial charge in [0, 0.05) is 5.92 Å². The first-order valence-corrected chi connectivity index (χ1v) is 8.03. The quantitative estimate of drug-likeness (QED) is 0.791. The Kier molecular flexibility index (Phi) is 6.55. The second kappa shape index (κ2) is 8.64. The second-order valence-electron chi connectivity index (χ2n) is 5.64. The molecule has 1 atom stereocenters. The number of hydrogen-bond donors (Lipinski definition) is 1. The highest BCUT2D eigenvalue weighted by atomic mass is 19.2. The van der Waals surface area contributed by atoms with Crippen LogP contribution in [0.4, 0.5) is 8.78 Å². The molecule has 0 aliphatic carbocycles. The Morgan fingerprint density at radius 2 is 1.83 bits per heavy atom. The lowest BCUT2D eigenvalue weighted by Gasteiger charge is -2.17. The summed E-state index contributed by atoms with van der Waals surface area (Å²) >= 11 is 0. The molecule has 130 valence electrons. The number of methoxy groups -OCH3 is 1. The SMILES string of the molecule is CCCOc1ccc(CC(CN)c2ccc(F)c(F)c2)cc1OC. The highest BCUT2D eigenvalue weighted by Gasteiger charge is 2.15. The maximum atomic E-state index is 13.5. The fraction of sp³-hybridized carbons (Fsp3) is 0.368. The Labute approximate surface area is 141 Å². The van der Waals surface area contributed by atoms with Crippen LogP contribution in [-0.4, -0.2) is 20.3 Å². The average Bonchev–Trinajstić information content (AvgIpc) is 2.60. The first-order valence-electron chi connectivity index (χ1n) is 8.03. The molecule has 3 nitrogen and oxygen atoms in total. The average molecular weight is 335 g/mol. The van der Waals surface area contributed by atoms with Crippen LogP contribution in [0.2, 0.25) is 0 Å². The highest BCUT2D eigenvalue weighted by Crippen LogP contribution is 2.30. The number of hydrogen-bond acceptors (Lipinski definition) is 3. The molecule has 0 amide bonds. The lowest BCUT2D eigenvalue weighted by molar-refractivity contribution is 0.294. The maximum absolute atomic E-state index is 13.5. The Balaban J connectivity index is 2.19. The van der Waals surface area contributed by atoms with E-state index in [9.17, 15) is 8.78 Å². The number of halogens is 2. The molecule has 2 aromatic rings. The van der Waals surface area contributed by atoms with E-state index in [0.717, 1.165) is 18.1 Å². The van der Waals surface area contributed by atoms with Crippen molar-refractivity contribution in [2.45, 2.75) is 25.7 Å². The van der Waals surface area contributed by atoms with Gasteiger partial charge in [0.25, 0.3) is 0 Å². The van der Waals surface area contributed by atoms with Crippen molar-refractivity contribution in [1.29, 1.82) is 0 Å². The van der Waals surface area contributed by atoms with Gasteiger partial charge in [-0.1, -0.05) is 19.1 Å². The van der Waals surface area contributed by atoms with Crippen molar-refractivity contribution in [2.24, 2.45) is 5.73 Å². The van der Waals surface area contributed by atoms with Gasteiger partial charge >= 0.3 is 0 Å². The van der Waals surface area contributed by atoms with E-state index in [1.807, 2.05) is 25.1 Å². The number of benzene rings is 2. The van der Waals surface area contributed by atoms with Crippen molar-refractivity contribution in [1.82, 2.24) is 0 Å².